The molecular formula is C24H24N4O4S. The van der Waals surface area contributed by atoms with E-state index in [1.54, 1.807) is 35.2 Å². The molecule has 8 nitrogen and oxygen atoms in total. The van der Waals surface area contributed by atoms with E-state index in [0.717, 1.165) is 42.5 Å². The number of hydrogen-bond acceptors (Lipinski definition) is 7. The normalized spacial score (nSPS) is 14.4. The van der Waals surface area contributed by atoms with Crippen LogP contribution in [0.25, 0.3) is 0 Å². The maximum atomic E-state index is 12.9. The van der Waals surface area contributed by atoms with Gasteiger partial charge in [0, 0.05) is 35.4 Å². The van der Waals surface area contributed by atoms with Crippen molar-refractivity contribution in [2.24, 2.45) is 0 Å². The summed E-state index contributed by atoms with van der Waals surface area (Å²) in [5, 5.41) is 3.55. The number of benzene rings is 1. The van der Waals surface area contributed by atoms with E-state index >= 15 is 0 Å². The van der Waals surface area contributed by atoms with E-state index in [1.165, 1.54) is 11.8 Å². The van der Waals surface area contributed by atoms with Crippen LogP contribution >= 0.6 is 11.8 Å². The lowest BCUT2D eigenvalue weighted by Gasteiger charge is -2.22. The smallest absolute Gasteiger partial charge is 0.349 e. The van der Waals surface area contributed by atoms with Crippen LogP contribution in [0.1, 0.15) is 29.7 Å². The summed E-state index contributed by atoms with van der Waals surface area (Å²) < 4.78 is 12.9. The summed E-state index contributed by atoms with van der Waals surface area (Å²) in [6.07, 6.45) is 7.26. The molecule has 3 aromatic rings. The quantitative estimate of drug-likeness (QED) is 0.442. The Morgan fingerprint density at radius 2 is 1.85 bits per heavy atom. The molecule has 5 rings (SSSR count). The zero-order valence-corrected chi connectivity index (χ0v) is 18.9. The SMILES string of the molecule is O=C(CSc1nc(=O)n(Cc2ccncc2)c2c1CCCC2)Nc1ccc2c(c1)OCCO2. The summed E-state index contributed by atoms with van der Waals surface area (Å²) in [6.45, 7) is 1.49. The van der Waals surface area contributed by atoms with E-state index in [2.05, 4.69) is 15.3 Å². The number of amides is 1. The predicted molar refractivity (Wildman–Crippen MR) is 125 cm³/mol. The molecule has 0 saturated carbocycles. The summed E-state index contributed by atoms with van der Waals surface area (Å²) >= 11 is 1.32. The van der Waals surface area contributed by atoms with Crippen molar-refractivity contribution in [2.45, 2.75) is 37.3 Å². The number of thioether (sulfide) groups is 1. The van der Waals surface area contributed by atoms with Crippen LogP contribution < -0.4 is 20.5 Å². The van der Waals surface area contributed by atoms with Gasteiger partial charge in [0.05, 0.1) is 12.3 Å². The first-order valence-corrected chi connectivity index (χ1v) is 12.0. The van der Waals surface area contributed by atoms with E-state index in [-0.39, 0.29) is 17.3 Å². The second-order valence-corrected chi connectivity index (χ2v) is 8.93. The number of carbonyl (C=O) groups excluding carboxylic acids is 1. The van der Waals surface area contributed by atoms with Gasteiger partial charge in [0.2, 0.25) is 5.91 Å². The van der Waals surface area contributed by atoms with Gasteiger partial charge in [-0.25, -0.2) is 4.79 Å². The third-order valence-electron chi connectivity index (χ3n) is 5.71. The molecule has 1 amide bonds. The van der Waals surface area contributed by atoms with Gasteiger partial charge in [-0.3, -0.25) is 14.3 Å². The molecule has 0 saturated heterocycles. The van der Waals surface area contributed by atoms with Crippen molar-refractivity contribution >= 4 is 23.4 Å². The maximum Gasteiger partial charge on any atom is 0.349 e. The fourth-order valence-corrected chi connectivity index (χ4v) is 5.03. The van der Waals surface area contributed by atoms with E-state index < -0.39 is 0 Å². The van der Waals surface area contributed by atoms with Crippen LogP contribution in [0.2, 0.25) is 0 Å². The molecule has 1 aliphatic heterocycles. The number of anilines is 1. The molecule has 3 heterocycles. The van der Waals surface area contributed by atoms with Gasteiger partial charge in [-0.2, -0.15) is 4.98 Å². The maximum absolute atomic E-state index is 12.9. The van der Waals surface area contributed by atoms with Crippen LogP contribution in [0.5, 0.6) is 11.5 Å². The Hall–Kier alpha value is -3.33. The van der Waals surface area contributed by atoms with E-state index in [4.69, 9.17) is 9.47 Å². The van der Waals surface area contributed by atoms with E-state index in [1.807, 2.05) is 12.1 Å². The third-order valence-corrected chi connectivity index (χ3v) is 6.72. The second-order valence-electron chi connectivity index (χ2n) is 7.97. The van der Waals surface area contributed by atoms with Gasteiger partial charge in [0.1, 0.15) is 18.2 Å². The van der Waals surface area contributed by atoms with Crippen molar-refractivity contribution in [3.05, 3.63) is 70.0 Å². The van der Waals surface area contributed by atoms with Gasteiger partial charge in [-0.15, -0.1) is 0 Å². The van der Waals surface area contributed by atoms with Crippen LogP contribution in [0.4, 0.5) is 5.69 Å². The second kappa shape index (κ2) is 9.66. The fraction of sp³-hybridized carbons (Fsp3) is 0.333. The summed E-state index contributed by atoms with van der Waals surface area (Å²) in [5.74, 6) is 1.31. The van der Waals surface area contributed by atoms with Gasteiger partial charge >= 0.3 is 5.69 Å². The molecule has 0 radical (unpaired) electrons. The molecular weight excluding hydrogens is 440 g/mol. The number of pyridine rings is 1. The van der Waals surface area contributed by atoms with E-state index in [9.17, 15) is 9.59 Å². The monoisotopic (exact) mass is 464 g/mol. The van der Waals surface area contributed by atoms with Crippen LogP contribution in [0.15, 0.2) is 52.5 Å². The number of fused-ring (bicyclic) bond motifs is 2. The number of ether oxygens (including phenoxy) is 2. The molecule has 33 heavy (non-hydrogen) atoms. The highest BCUT2D eigenvalue weighted by Gasteiger charge is 2.21. The first-order valence-electron chi connectivity index (χ1n) is 11.0. The highest BCUT2D eigenvalue weighted by molar-refractivity contribution is 8.00. The van der Waals surface area contributed by atoms with Gasteiger partial charge in [-0.1, -0.05) is 11.8 Å². The molecule has 1 aromatic carbocycles. The number of nitrogens with one attached hydrogen (secondary N) is 1. The van der Waals surface area contributed by atoms with Gasteiger partial charge in [0.25, 0.3) is 0 Å². The molecule has 1 N–H and O–H groups in total. The fourth-order valence-electron chi connectivity index (χ4n) is 4.15. The Morgan fingerprint density at radius 3 is 2.70 bits per heavy atom. The minimum atomic E-state index is -0.276. The Bertz CT molecular complexity index is 1230. The lowest BCUT2D eigenvalue weighted by Crippen LogP contribution is -2.30. The molecule has 0 bridgehead atoms. The Balaban J connectivity index is 1.31. The Morgan fingerprint density at radius 1 is 1.06 bits per heavy atom. The summed E-state index contributed by atoms with van der Waals surface area (Å²) in [5.41, 5.74) is 3.51. The van der Waals surface area contributed by atoms with Gasteiger partial charge < -0.3 is 14.8 Å². The topological polar surface area (TPSA) is 95.3 Å². The Kier molecular flexibility index (Phi) is 6.30. The number of rotatable bonds is 6. The molecule has 170 valence electrons. The largest absolute Gasteiger partial charge is 0.486 e. The highest BCUT2D eigenvalue weighted by atomic mass is 32.2. The predicted octanol–water partition coefficient (Wildman–Crippen LogP) is 3.07. The molecule has 2 aliphatic rings. The van der Waals surface area contributed by atoms with Crippen molar-refractivity contribution in [3.63, 3.8) is 0 Å². The summed E-state index contributed by atoms with van der Waals surface area (Å²) in [4.78, 5) is 33.9. The molecule has 1 aliphatic carbocycles. The molecule has 0 unspecified atom stereocenters. The minimum Gasteiger partial charge on any atom is -0.486 e. The van der Waals surface area contributed by atoms with Crippen LogP contribution in [0.3, 0.4) is 0 Å². The van der Waals surface area contributed by atoms with Crippen molar-refractivity contribution in [3.8, 4) is 11.5 Å². The van der Waals surface area contributed by atoms with Crippen LogP contribution in [-0.4, -0.2) is 39.4 Å². The molecule has 0 atom stereocenters. The summed E-state index contributed by atoms with van der Waals surface area (Å²) in [7, 11) is 0. The lowest BCUT2D eigenvalue weighted by atomic mass is 9.97. The molecule has 9 heteroatoms. The molecule has 0 spiro atoms. The molecule has 0 fully saturated rings. The number of aromatic nitrogens is 3. The van der Waals surface area contributed by atoms with Crippen molar-refractivity contribution in [1.29, 1.82) is 0 Å². The number of hydrogen-bond donors (Lipinski definition) is 1. The summed E-state index contributed by atoms with van der Waals surface area (Å²) in [6, 6.07) is 9.16. The van der Waals surface area contributed by atoms with Gasteiger partial charge in [-0.05, 0) is 55.5 Å². The average molecular weight is 465 g/mol. The van der Waals surface area contributed by atoms with Crippen molar-refractivity contribution < 1.29 is 14.3 Å². The number of nitrogens with zero attached hydrogens (tertiary/aromatic N) is 3. The highest BCUT2D eigenvalue weighted by Crippen LogP contribution is 2.33. The minimum absolute atomic E-state index is 0.163. The standard InChI is InChI=1S/C24H24N4O4S/c29-22(26-17-5-6-20-21(13-17)32-12-11-31-20)15-33-23-18-3-1-2-4-19(18)28(24(30)27-23)14-16-7-9-25-10-8-16/h5-10,13H,1-4,11-12,14-15H2,(H,26,29). The van der Waals surface area contributed by atoms with Crippen LogP contribution in [0, 0.1) is 0 Å². The number of carbonyl (C=O) groups is 1. The van der Waals surface area contributed by atoms with E-state index in [0.29, 0.717) is 42.0 Å². The molecule has 2 aromatic heterocycles. The third kappa shape index (κ3) is 4.88. The first-order chi connectivity index (χ1) is 16.2. The van der Waals surface area contributed by atoms with Gasteiger partial charge in [0.15, 0.2) is 11.5 Å². The zero-order chi connectivity index (χ0) is 22.6. The Labute approximate surface area is 195 Å². The first kappa shape index (κ1) is 21.5. The van der Waals surface area contributed by atoms with Crippen molar-refractivity contribution in [1.82, 2.24) is 14.5 Å². The zero-order valence-electron chi connectivity index (χ0n) is 18.1. The lowest BCUT2D eigenvalue weighted by molar-refractivity contribution is -0.113. The van der Waals surface area contributed by atoms with Crippen LogP contribution in [-0.2, 0) is 24.2 Å². The average Bonchev–Trinajstić information content (AvgIpc) is 2.85. The van der Waals surface area contributed by atoms with Crippen molar-refractivity contribution in [2.75, 3.05) is 24.3 Å².